The van der Waals surface area contributed by atoms with Gasteiger partial charge < -0.3 is 10.1 Å². The minimum atomic E-state index is -0.127. The average Bonchev–Trinajstić information content (AvgIpc) is 2.77. The normalized spacial score (nSPS) is 17.5. The summed E-state index contributed by atoms with van der Waals surface area (Å²) in [5.41, 5.74) is 3.63. The van der Waals surface area contributed by atoms with Crippen LogP contribution in [0.15, 0.2) is 60.7 Å². The maximum absolute atomic E-state index is 12.4. The fourth-order valence-corrected chi connectivity index (χ4v) is 3.70. The second-order valence-corrected chi connectivity index (χ2v) is 7.09. The Morgan fingerprint density at radius 3 is 2.79 bits per heavy atom. The first-order chi connectivity index (χ1) is 13.7. The number of fused-ring (bicyclic) bond motifs is 1. The van der Waals surface area contributed by atoms with Gasteiger partial charge in [-0.2, -0.15) is 0 Å². The van der Waals surface area contributed by atoms with E-state index in [2.05, 4.69) is 34.5 Å². The van der Waals surface area contributed by atoms with Gasteiger partial charge in [-0.05, 0) is 24.1 Å². The number of hydrogen-bond donors (Lipinski definition) is 1. The number of amides is 1. The Kier molecular flexibility index (Phi) is 5.65. The molecule has 1 amide bonds. The third-order valence-corrected chi connectivity index (χ3v) is 5.25. The van der Waals surface area contributed by atoms with Crippen LogP contribution in [0.5, 0.6) is 0 Å². The van der Waals surface area contributed by atoms with Crippen LogP contribution in [0, 0.1) is 0 Å². The van der Waals surface area contributed by atoms with E-state index < -0.39 is 0 Å². The molecular formula is C23H25N3O2. The first-order valence-corrected chi connectivity index (χ1v) is 9.74. The summed E-state index contributed by atoms with van der Waals surface area (Å²) in [7, 11) is 1.65. The summed E-state index contributed by atoms with van der Waals surface area (Å²) in [4.78, 5) is 19.6. The van der Waals surface area contributed by atoms with Crippen molar-refractivity contribution < 1.29 is 9.53 Å². The Labute approximate surface area is 165 Å². The lowest BCUT2D eigenvalue weighted by Gasteiger charge is -2.33. The zero-order valence-corrected chi connectivity index (χ0v) is 16.1. The molecule has 28 heavy (non-hydrogen) atoms. The van der Waals surface area contributed by atoms with Crippen LogP contribution in [0.3, 0.4) is 0 Å². The van der Waals surface area contributed by atoms with Crippen LogP contribution >= 0.6 is 0 Å². The van der Waals surface area contributed by atoms with Crippen molar-refractivity contribution in [2.45, 2.75) is 12.5 Å². The van der Waals surface area contributed by atoms with E-state index in [0.29, 0.717) is 12.2 Å². The second-order valence-electron chi connectivity index (χ2n) is 7.09. The molecule has 0 aliphatic carbocycles. The van der Waals surface area contributed by atoms with E-state index in [-0.39, 0.29) is 12.0 Å². The molecule has 1 aliphatic heterocycles. The number of carbonyl (C=O) groups is 1. The summed E-state index contributed by atoms with van der Waals surface area (Å²) in [6.07, 6.45) is 0.889. The fourth-order valence-electron chi connectivity index (χ4n) is 3.70. The van der Waals surface area contributed by atoms with Crippen molar-refractivity contribution in [3.05, 3.63) is 77.5 Å². The third-order valence-electron chi connectivity index (χ3n) is 5.25. The summed E-state index contributed by atoms with van der Waals surface area (Å²) < 4.78 is 6.03. The van der Waals surface area contributed by atoms with Crippen molar-refractivity contribution >= 4 is 16.8 Å². The van der Waals surface area contributed by atoms with E-state index >= 15 is 0 Å². The van der Waals surface area contributed by atoms with Crippen molar-refractivity contribution in [1.29, 1.82) is 0 Å². The predicted octanol–water partition coefficient (Wildman–Crippen LogP) is 3.21. The van der Waals surface area contributed by atoms with Crippen molar-refractivity contribution in [3.8, 4) is 0 Å². The Bertz CT molecular complexity index is 958. The maximum atomic E-state index is 12.4. The van der Waals surface area contributed by atoms with Crippen molar-refractivity contribution in [3.63, 3.8) is 0 Å². The summed E-state index contributed by atoms with van der Waals surface area (Å²) in [6.45, 7) is 3.35. The number of para-hydroxylation sites is 1. The highest BCUT2D eigenvalue weighted by Crippen LogP contribution is 2.26. The molecule has 3 aromatic rings. The number of nitrogens with one attached hydrogen (secondary N) is 1. The molecule has 5 nitrogen and oxygen atoms in total. The number of rotatable bonds is 5. The first-order valence-electron chi connectivity index (χ1n) is 9.74. The number of nitrogens with zero attached hydrogens (tertiary/aromatic N) is 2. The minimum absolute atomic E-state index is 0.100. The standard InChI is InChI=1S/C23H25N3O2/c1-24-23(27)19-15-21(25-20-10-6-5-9-18(19)20)22-16-26(13-14-28-22)12-11-17-7-3-2-4-8-17/h2-10,15,22H,11-14,16H2,1H3,(H,24,27)/t22-/m1/s1. The molecule has 0 spiro atoms. The SMILES string of the molecule is CNC(=O)c1cc([C@H]2CN(CCc3ccccc3)CCO2)nc2ccccc12. The lowest BCUT2D eigenvalue weighted by molar-refractivity contribution is -0.0315. The zero-order valence-electron chi connectivity index (χ0n) is 16.1. The molecular weight excluding hydrogens is 350 g/mol. The van der Waals surface area contributed by atoms with Gasteiger partial charge in [0.25, 0.3) is 5.91 Å². The summed E-state index contributed by atoms with van der Waals surface area (Å²) in [6, 6.07) is 20.2. The van der Waals surface area contributed by atoms with Gasteiger partial charge in [0.15, 0.2) is 0 Å². The lowest BCUT2D eigenvalue weighted by Crippen LogP contribution is -2.39. The van der Waals surface area contributed by atoms with E-state index in [1.807, 2.05) is 36.4 Å². The van der Waals surface area contributed by atoms with Gasteiger partial charge in [0.1, 0.15) is 6.10 Å². The van der Waals surface area contributed by atoms with E-state index in [1.165, 1.54) is 5.56 Å². The summed E-state index contributed by atoms with van der Waals surface area (Å²) >= 11 is 0. The molecule has 0 bridgehead atoms. The number of pyridine rings is 1. The first kappa shape index (κ1) is 18.6. The average molecular weight is 375 g/mol. The second kappa shape index (κ2) is 8.50. The van der Waals surface area contributed by atoms with Gasteiger partial charge in [-0.25, -0.2) is 4.98 Å². The molecule has 2 aromatic carbocycles. The number of benzene rings is 2. The molecule has 0 radical (unpaired) electrons. The molecule has 1 aliphatic rings. The van der Waals surface area contributed by atoms with E-state index in [1.54, 1.807) is 7.05 Å². The van der Waals surface area contributed by atoms with Crippen molar-refractivity contribution in [2.24, 2.45) is 0 Å². The Morgan fingerprint density at radius 1 is 1.18 bits per heavy atom. The number of ether oxygens (including phenoxy) is 1. The number of carbonyl (C=O) groups excluding carboxylic acids is 1. The van der Waals surface area contributed by atoms with Crippen LogP contribution in [-0.4, -0.2) is 49.1 Å². The van der Waals surface area contributed by atoms with Gasteiger partial charge in [0, 0.05) is 32.1 Å². The van der Waals surface area contributed by atoms with Crippen LogP contribution in [0.25, 0.3) is 10.9 Å². The van der Waals surface area contributed by atoms with Gasteiger partial charge in [-0.3, -0.25) is 9.69 Å². The summed E-state index contributed by atoms with van der Waals surface area (Å²) in [5, 5.41) is 3.60. The third kappa shape index (κ3) is 4.06. The predicted molar refractivity (Wildman–Crippen MR) is 110 cm³/mol. The summed E-state index contributed by atoms with van der Waals surface area (Å²) in [5.74, 6) is -0.100. The van der Waals surface area contributed by atoms with E-state index in [9.17, 15) is 4.79 Å². The van der Waals surface area contributed by atoms with Crippen LogP contribution in [0.2, 0.25) is 0 Å². The molecule has 1 aromatic heterocycles. The highest BCUT2D eigenvalue weighted by Gasteiger charge is 2.24. The van der Waals surface area contributed by atoms with Crippen molar-refractivity contribution in [1.82, 2.24) is 15.2 Å². The van der Waals surface area contributed by atoms with E-state index in [0.717, 1.165) is 42.7 Å². The van der Waals surface area contributed by atoms with Gasteiger partial charge in [0.2, 0.25) is 0 Å². The molecule has 1 saturated heterocycles. The van der Waals surface area contributed by atoms with Crippen LogP contribution < -0.4 is 5.32 Å². The molecule has 1 atom stereocenters. The Morgan fingerprint density at radius 2 is 1.96 bits per heavy atom. The van der Waals surface area contributed by atoms with Gasteiger partial charge in [-0.15, -0.1) is 0 Å². The van der Waals surface area contributed by atoms with Gasteiger partial charge >= 0.3 is 0 Å². The monoisotopic (exact) mass is 375 g/mol. The Hall–Kier alpha value is -2.76. The molecule has 2 heterocycles. The number of hydrogen-bond acceptors (Lipinski definition) is 4. The van der Waals surface area contributed by atoms with Crippen LogP contribution in [0.4, 0.5) is 0 Å². The fraction of sp³-hybridized carbons (Fsp3) is 0.304. The molecule has 1 fully saturated rings. The van der Waals surface area contributed by atoms with Crippen molar-refractivity contribution in [2.75, 3.05) is 33.3 Å². The molecule has 0 unspecified atom stereocenters. The Balaban J connectivity index is 1.54. The quantitative estimate of drug-likeness (QED) is 0.744. The largest absolute Gasteiger partial charge is 0.369 e. The topological polar surface area (TPSA) is 54.5 Å². The highest BCUT2D eigenvalue weighted by molar-refractivity contribution is 6.06. The maximum Gasteiger partial charge on any atom is 0.251 e. The zero-order chi connectivity index (χ0) is 19.3. The van der Waals surface area contributed by atoms with Gasteiger partial charge in [0.05, 0.1) is 23.4 Å². The molecule has 1 N–H and O–H groups in total. The molecule has 0 saturated carbocycles. The van der Waals surface area contributed by atoms with Gasteiger partial charge in [-0.1, -0.05) is 48.5 Å². The molecule has 144 valence electrons. The highest BCUT2D eigenvalue weighted by atomic mass is 16.5. The van der Waals surface area contributed by atoms with Crippen LogP contribution in [0.1, 0.15) is 27.7 Å². The smallest absolute Gasteiger partial charge is 0.251 e. The van der Waals surface area contributed by atoms with Crippen LogP contribution in [-0.2, 0) is 11.2 Å². The van der Waals surface area contributed by atoms with E-state index in [4.69, 9.17) is 9.72 Å². The number of aromatic nitrogens is 1. The number of morpholine rings is 1. The lowest BCUT2D eigenvalue weighted by atomic mass is 10.0. The molecule has 5 heteroatoms. The molecule has 4 rings (SSSR count). The minimum Gasteiger partial charge on any atom is -0.369 e.